The SMILES string of the molecule is COc1ccc2c(c1CC1CCNCC1)OCCO2. The lowest BCUT2D eigenvalue weighted by Crippen LogP contribution is -2.29. The summed E-state index contributed by atoms with van der Waals surface area (Å²) in [6.45, 7) is 3.48. The summed E-state index contributed by atoms with van der Waals surface area (Å²) in [6, 6.07) is 3.93. The van der Waals surface area contributed by atoms with E-state index in [1.807, 2.05) is 12.1 Å². The average molecular weight is 263 g/mol. The van der Waals surface area contributed by atoms with Crippen molar-refractivity contribution < 1.29 is 14.2 Å². The summed E-state index contributed by atoms with van der Waals surface area (Å²) in [6.07, 6.45) is 3.44. The molecule has 1 aromatic carbocycles. The Hall–Kier alpha value is -1.42. The molecule has 0 aromatic heterocycles. The number of piperidine rings is 1. The van der Waals surface area contributed by atoms with Gasteiger partial charge in [0.05, 0.1) is 7.11 Å². The monoisotopic (exact) mass is 263 g/mol. The van der Waals surface area contributed by atoms with Crippen LogP contribution in [0.25, 0.3) is 0 Å². The Bertz CT molecular complexity index is 441. The first-order valence-electron chi connectivity index (χ1n) is 7.04. The molecule has 1 saturated heterocycles. The second kappa shape index (κ2) is 5.70. The van der Waals surface area contributed by atoms with Crippen molar-refractivity contribution in [3.05, 3.63) is 17.7 Å². The smallest absolute Gasteiger partial charge is 0.168 e. The fraction of sp³-hybridized carbons (Fsp3) is 0.600. The summed E-state index contributed by atoms with van der Waals surface area (Å²) in [5, 5.41) is 3.40. The first kappa shape index (κ1) is 12.6. The number of nitrogens with one attached hydrogen (secondary N) is 1. The molecule has 3 rings (SSSR count). The molecule has 0 saturated carbocycles. The van der Waals surface area contributed by atoms with E-state index in [0.29, 0.717) is 19.1 Å². The molecule has 4 heteroatoms. The molecule has 4 nitrogen and oxygen atoms in total. The van der Waals surface area contributed by atoms with Gasteiger partial charge in [-0.05, 0) is 50.4 Å². The maximum absolute atomic E-state index is 5.82. The van der Waals surface area contributed by atoms with E-state index in [1.165, 1.54) is 18.4 Å². The van der Waals surface area contributed by atoms with Gasteiger partial charge in [0.25, 0.3) is 0 Å². The minimum Gasteiger partial charge on any atom is -0.496 e. The lowest BCUT2D eigenvalue weighted by Gasteiger charge is -2.27. The van der Waals surface area contributed by atoms with E-state index in [0.717, 1.165) is 36.8 Å². The topological polar surface area (TPSA) is 39.7 Å². The molecule has 0 aliphatic carbocycles. The number of hydrogen-bond donors (Lipinski definition) is 1. The molecule has 0 amide bonds. The van der Waals surface area contributed by atoms with E-state index < -0.39 is 0 Å². The maximum Gasteiger partial charge on any atom is 0.168 e. The summed E-state index contributed by atoms with van der Waals surface area (Å²) in [7, 11) is 1.72. The van der Waals surface area contributed by atoms with Crippen LogP contribution in [0.3, 0.4) is 0 Å². The first-order chi connectivity index (χ1) is 9.38. The third-order valence-corrected chi connectivity index (χ3v) is 3.94. The second-order valence-corrected chi connectivity index (χ2v) is 5.17. The van der Waals surface area contributed by atoms with Crippen LogP contribution in [0.4, 0.5) is 0 Å². The number of methoxy groups -OCH3 is 1. The average Bonchev–Trinajstić information content (AvgIpc) is 2.49. The Kier molecular flexibility index (Phi) is 3.78. The fourth-order valence-electron chi connectivity index (χ4n) is 2.91. The lowest BCUT2D eigenvalue weighted by molar-refractivity contribution is 0.168. The van der Waals surface area contributed by atoms with Crippen molar-refractivity contribution >= 4 is 0 Å². The van der Waals surface area contributed by atoms with Gasteiger partial charge in [0.1, 0.15) is 19.0 Å². The summed E-state index contributed by atoms with van der Waals surface area (Å²) in [5.74, 6) is 3.37. The zero-order valence-electron chi connectivity index (χ0n) is 11.4. The van der Waals surface area contributed by atoms with Gasteiger partial charge in [-0.3, -0.25) is 0 Å². The van der Waals surface area contributed by atoms with Gasteiger partial charge in [-0.2, -0.15) is 0 Å². The van der Waals surface area contributed by atoms with Crippen LogP contribution >= 0.6 is 0 Å². The number of rotatable bonds is 3. The van der Waals surface area contributed by atoms with E-state index in [2.05, 4.69) is 5.32 Å². The van der Waals surface area contributed by atoms with Gasteiger partial charge in [0.15, 0.2) is 11.5 Å². The fourth-order valence-corrected chi connectivity index (χ4v) is 2.91. The van der Waals surface area contributed by atoms with Gasteiger partial charge in [-0.25, -0.2) is 0 Å². The molecule has 104 valence electrons. The predicted octanol–water partition coefficient (Wildman–Crippen LogP) is 2.01. The van der Waals surface area contributed by atoms with Crippen LogP contribution in [0.1, 0.15) is 18.4 Å². The van der Waals surface area contributed by atoms with Gasteiger partial charge in [-0.1, -0.05) is 0 Å². The molecule has 0 unspecified atom stereocenters. The highest BCUT2D eigenvalue weighted by atomic mass is 16.6. The van der Waals surface area contributed by atoms with E-state index in [9.17, 15) is 0 Å². The van der Waals surface area contributed by atoms with Crippen molar-refractivity contribution in [2.24, 2.45) is 5.92 Å². The van der Waals surface area contributed by atoms with Gasteiger partial charge in [-0.15, -0.1) is 0 Å². The number of benzene rings is 1. The van der Waals surface area contributed by atoms with E-state index in [-0.39, 0.29) is 0 Å². The Labute approximate surface area is 114 Å². The molecule has 0 atom stereocenters. The van der Waals surface area contributed by atoms with Crippen LogP contribution in [0, 0.1) is 5.92 Å². The Morgan fingerprint density at radius 3 is 2.79 bits per heavy atom. The van der Waals surface area contributed by atoms with Crippen molar-refractivity contribution in [2.75, 3.05) is 33.4 Å². The van der Waals surface area contributed by atoms with Crippen LogP contribution in [0.2, 0.25) is 0 Å². The maximum atomic E-state index is 5.82. The standard InChI is InChI=1S/C15H21NO3/c1-17-13-2-3-14-15(19-9-8-18-14)12(13)10-11-4-6-16-7-5-11/h2-3,11,16H,4-10H2,1H3. The lowest BCUT2D eigenvalue weighted by atomic mass is 9.90. The number of hydrogen-bond acceptors (Lipinski definition) is 4. The number of ether oxygens (including phenoxy) is 3. The highest BCUT2D eigenvalue weighted by molar-refractivity contribution is 5.54. The van der Waals surface area contributed by atoms with Crippen LogP contribution < -0.4 is 19.5 Å². The van der Waals surface area contributed by atoms with Gasteiger partial charge in [0, 0.05) is 5.56 Å². The normalized spacial score (nSPS) is 19.2. The largest absolute Gasteiger partial charge is 0.496 e. The molecule has 0 spiro atoms. The Balaban J connectivity index is 1.88. The van der Waals surface area contributed by atoms with Crippen molar-refractivity contribution in [3.63, 3.8) is 0 Å². The van der Waals surface area contributed by atoms with Crippen molar-refractivity contribution in [1.29, 1.82) is 0 Å². The van der Waals surface area contributed by atoms with E-state index in [4.69, 9.17) is 14.2 Å². The molecular formula is C15H21NO3. The quantitative estimate of drug-likeness (QED) is 0.905. The molecular weight excluding hydrogens is 242 g/mol. The molecule has 0 bridgehead atoms. The summed E-state index contributed by atoms with van der Waals surface area (Å²) < 4.78 is 17.0. The Morgan fingerprint density at radius 1 is 1.21 bits per heavy atom. The molecule has 2 heterocycles. The van der Waals surface area contributed by atoms with E-state index in [1.54, 1.807) is 7.11 Å². The molecule has 1 fully saturated rings. The van der Waals surface area contributed by atoms with Crippen molar-refractivity contribution in [2.45, 2.75) is 19.3 Å². The minimum atomic E-state index is 0.624. The van der Waals surface area contributed by atoms with Gasteiger partial charge in [0.2, 0.25) is 0 Å². The number of fused-ring (bicyclic) bond motifs is 1. The molecule has 2 aliphatic rings. The van der Waals surface area contributed by atoms with Gasteiger partial charge >= 0.3 is 0 Å². The first-order valence-corrected chi connectivity index (χ1v) is 7.04. The molecule has 2 aliphatic heterocycles. The molecule has 1 aromatic rings. The van der Waals surface area contributed by atoms with E-state index >= 15 is 0 Å². The minimum absolute atomic E-state index is 0.624. The Morgan fingerprint density at radius 2 is 2.00 bits per heavy atom. The summed E-state index contributed by atoms with van der Waals surface area (Å²) in [4.78, 5) is 0. The molecule has 19 heavy (non-hydrogen) atoms. The van der Waals surface area contributed by atoms with Crippen LogP contribution in [-0.4, -0.2) is 33.4 Å². The zero-order valence-corrected chi connectivity index (χ0v) is 11.4. The van der Waals surface area contributed by atoms with Crippen LogP contribution in [0.5, 0.6) is 17.2 Å². The van der Waals surface area contributed by atoms with Crippen molar-refractivity contribution in [3.8, 4) is 17.2 Å². The second-order valence-electron chi connectivity index (χ2n) is 5.17. The van der Waals surface area contributed by atoms with Crippen LogP contribution in [0.15, 0.2) is 12.1 Å². The van der Waals surface area contributed by atoms with Gasteiger partial charge < -0.3 is 19.5 Å². The highest BCUT2D eigenvalue weighted by Gasteiger charge is 2.23. The van der Waals surface area contributed by atoms with Crippen molar-refractivity contribution in [1.82, 2.24) is 5.32 Å². The predicted molar refractivity (Wildman–Crippen MR) is 73.3 cm³/mol. The van der Waals surface area contributed by atoms with Crippen LogP contribution in [-0.2, 0) is 6.42 Å². The third-order valence-electron chi connectivity index (χ3n) is 3.94. The highest BCUT2D eigenvalue weighted by Crippen LogP contribution is 2.41. The summed E-state index contributed by atoms with van der Waals surface area (Å²) >= 11 is 0. The third kappa shape index (κ3) is 2.63. The summed E-state index contributed by atoms with van der Waals surface area (Å²) in [5.41, 5.74) is 1.17. The molecule has 1 N–H and O–H groups in total. The molecule has 0 radical (unpaired) electrons. The zero-order chi connectivity index (χ0) is 13.1.